The van der Waals surface area contributed by atoms with E-state index in [2.05, 4.69) is 30.2 Å². The molecule has 164 valence electrons. The Morgan fingerprint density at radius 1 is 1.10 bits per heavy atom. The molecule has 0 heterocycles. The van der Waals surface area contributed by atoms with Crippen molar-refractivity contribution in [3.63, 3.8) is 0 Å². The number of carbonyl (C=O) groups is 2. The smallest absolute Gasteiger partial charge is 0.256 e. The fraction of sp³-hybridized carbons (Fsp3) is 0.280. The fourth-order valence-corrected chi connectivity index (χ4v) is 3.28. The first-order valence-electron chi connectivity index (χ1n) is 10.4. The lowest BCUT2D eigenvalue weighted by molar-refractivity contribution is 0.0965. The lowest BCUT2D eigenvalue weighted by Gasteiger charge is -2.13. The number of aryl methyl sites for hydroxylation is 1. The molecule has 2 rings (SSSR count). The number of aromatic hydroxyl groups is 1. The van der Waals surface area contributed by atoms with E-state index in [0.717, 1.165) is 36.8 Å². The third kappa shape index (κ3) is 7.03. The number of phenols is 1. The van der Waals surface area contributed by atoms with Crippen LogP contribution in [-0.2, 0) is 0 Å². The van der Waals surface area contributed by atoms with Crippen LogP contribution >= 0.6 is 12.6 Å². The molecule has 0 radical (unpaired) electrons. The van der Waals surface area contributed by atoms with Gasteiger partial charge in [0.1, 0.15) is 5.75 Å². The van der Waals surface area contributed by atoms with Gasteiger partial charge in [-0.15, -0.1) is 0 Å². The second-order valence-electron chi connectivity index (χ2n) is 7.42. The van der Waals surface area contributed by atoms with Crippen molar-refractivity contribution in [2.24, 2.45) is 0 Å². The maximum absolute atomic E-state index is 12.7. The van der Waals surface area contributed by atoms with Crippen molar-refractivity contribution < 1.29 is 14.7 Å². The molecule has 0 aromatic heterocycles. The third-order valence-corrected chi connectivity index (χ3v) is 5.15. The number of anilines is 1. The van der Waals surface area contributed by atoms with Crippen molar-refractivity contribution in [3.05, 3.63) is 81.9 Å². The lowest BCUT2D eigenvalue weighted by atomic mass is 10.1. The standard InChI is InChI=1S/C25H30N2O3S/c1-4-5-6-10-18(3)21(14-15-31)26-24(29)19-12-13-22(23(28)16-19)27-25(30)20-11-8-7-9-17(20)2/h7-9,11-16,28,31H,4-6,10H2,1-3H3,(H,26,29)(H,27,30)/b15-14-,21-18-. The lowest BCUT2D eigenvalue weighted by Crippen LogP contribution is -2.23. The van der Waals surface area contributed by atoms with Gasteiger partial charge in [-0.05, 0) is 73.6 Å². The number of rotatable bonds is 9. The van der Waals surface area contributed by atoms with E-state index < -0.39 is 0 Å². The molecule has 0 saturated carbocycles. The van der Waals surface area contributed by atoms with Crippen molar-refractivity contribution in [3.8, 4) is 5.75 Å². The summed E-state index contributed by atoms with van der Waals surface area (Å²) < 4.78 is 0. The number of thiol groups is 1. The van der Waals surface area contributed by atoms with Crippen LogP contribution in [-0.4, -0.2) is 16.9 Å². The normalized spacial score (nSPS) is 11.9. The Balaban J connectivity index is 2.14. The second-order valence-corrected chi connectivity index (χ2v) is 7.72. The summed E-state index contributed by atoms with van der Waals surface area (Å²) >= 11 is 4.13. The summed E-state index contributed by atoms with van der Waals surface area (Å²) in [6, 6.07) is 11.6. The monoisotopic (exact) mass is 438 g/mol. The van der Waals surface area contributed by atoms with Crippen LogP contribution in [0.3, 0.4) is 0 Å². The topological polar surface area (TPSA) is 78.4 Å². The molecule has 0 aliphatic rings. The van der Waals surface area contributed by atoms with Gasteiger partial charge in [0.15, 0.2) is 0 Å². The molecular formula is C25H30N2O3S. The Kier molecular flexibility index (Phi) is 9.40. The predicted molar refractivity (Wildman–Crippen MR) is 130 cm³/mol. The van der Waals surface area contributed by atoms with Gasteiger partial charge in [0.2, 0.25) is 0 Å². The molecule has 0 atom stereocenters. The number of nitrogens with one attached hydrogen (secondary N) is 2. The third-order valence-electron chi connectivity index (χ3n) is 5.00. The zero-order chi connectivity index (χ0) is 22.8. The highest BCUT2D eigenvalue weighted by molar-refractivity contribution is 7.83. The summed E-state index contributed by atoms with van der Waals surface area (Å²) in [5.41, 5.74) is 3.66. The van der Waals surface area contributed by atoms with Crippen LogP contribution in [0.4, 0.5) is 5.69 Å². The summed E-state index contributed by atoms with van der Waals surface area (Å²) in [5, 5.41) is 17.5. The maximum atomic E-state index is 12.7. The first-order chi connectivity index (χ1) is 14.9. The van der Waals surface area contributed by atoms with Gasteiger partial charge in [0.05, 0.1) is 5.69 Å². The minimum Gasteiger partial charge on any atom is -0.506 e. The van der Waals surface area contributed by atoms with Crippen LogP contribution in [0, 0.1) is 6.92 Å². The number of allylic oxidation sites excluding steroid dienone is 2. The van der Waals surface area contributed by atoms with Gasteiger partial charge >= 0.3 is 0 Å². The van der Waals surface area contributed by atoms with Crippen LogP contribution in [0.25, 0.3) is 0 Å². The summed E-state index contributed by atoms with van der Waals surface area (Å²) in [6.45, 7) is 5.98. The van der Waals surface area contributed by atoms with Gasteiger partial charge in [-0.1, -0.05) is 38.0 Å². The molecule has 3 N–H and O–H groups in total. The van der Waals surface area contributed by atoms with E-state index in [4.69, 9.17) is 0 Å². The van der Waals surface area contributed by atoms with Gasteiger partial charge in [0, 0.05) is 16.8 Å². The number of phenolic OH excluding ortho intramolecular Hbond substituents is 1. The van der Waals surface area contributed by atoms with Gasteiger partial charge < -0.3 is 15.7 Å². The summed E-state index contributed by atoms with van der Waals surface area (Å²) in [4.78, 5) is 25.2. The SMILES string of the molecule is CCCCC/C(C)=C(/C=C\S)NC(=O)c1ccc(NC(=O)c2ccccc2C)c(O)c1. The Morgan fingerprint density at radius 2 is 1.84 bits per heavy atom. The van der Waals surface area contributed by atoms with E-state index in [1.807, 2.05) is 26.0 Å². The van der Waals surface area contributed by atoms with Crippen molar-refractivity contribution in [2.75, 3.05) is 5.32 Å². The summed E-state index contributed by atoms with van der Waals surface area (Å²) in [7, 11) is 0. The first-order valence-corrected chi connectivity index (χ1v) is 10.9. The zero-order valence-corrected chi connectivity index (χ0v) is 19.1. The molecule has 2 amide bonds. The van der Waals surface area contributed by atoms with Crippen LogP contribution in [0.15, 0.2) is 65.2 Å². The molecular weight excluding hydrogens is 408 g/mol. The van der Waals surface area contributed by atoms with Crippen LogP contribution in [0.5, 0.6) is 5.75 Å². The number of hydrogen-bond acceptors (Lipinski definition) is 4. The van der Waals surface area contributed by atoms with E-state index in [0.29, 0.717) is 11.3 Å². The zero-order valence-electron chi connectivity index (χ0n) is 18.2. The van der Waals surface area contributed by atoms with Gasteiger partial charge in [-0.2, -0.15) is 12.6 Å². The van der Waals surface area contributed by atoms with E-state index in [1.54, 1.807) is 29.7 Å². The molecule has 2 aromatic carbocycles. The molecule has 0 bridgehead atoms. The second kappa shape index (κ2) is 12.0. The summed E-state index contributed by atoms with van der Waals surface area (Å²) in [6.07, 6.45) is 5.95. The molecule has 6 heteroatoms. The van der Waals surface area contributed by atoms with Crippen LogP contribution in [0.2, 0.25) is 0 Å². The highest BCUT2D eigenvalue weighted by Gasteiger charge is 2.14. The molecule has 0 aliphatic heterocycles. The largest absolute Gasteiger partial charge is 0.506 e. The van der Waals surface area contributed by atoms with Crippen molar-refractivity contribution in [1.29, 1.82) is 0 Å². The molecule has 0 aliphatic carbocycles. The van der Waals surface area contributed by atoms with E-state index in [9.17, 15) is 14.7 Å². The first kappa shape index (κ1) is 24.3. The number of carbonyl (C=O) groups excluding carboxylic acids is 2. The Bertz CT molecular complexity index is 996. The average molecular weight is 439 g/mol. The van der Waals surface area contributed by atoms with Crippen LogP contribution in [0.1, 0.15) is 65.8 Å². The number of hydrogen-bond donors (Lipinski definition) is 4. The molecule has 0 fully saturated rings. The molecule has 0 unspecified atom stereocenters. The highest BCUT2D eigenvalue weighted by Crippen LogP contribution is 2.25. The Morgan fingerprint density at radius 3 is 2.48 bits per heavy atom. The van der Waals surface area contributed by atoms with E-state index in [1.165, 1.54) is 12.1 Å². The van der Waals surface area contributed by atoms with E-state index in [-0.39, 0.29) is 28.8 Å². The molecule has 31 heavy (non-hydrogen) atoms. The number of benzene rings is 2. The highest BCUT2D eigenvalue weighted by atomic mass is 32.1. The van der Waals surface area contributed by atoms with Gasteiger partial charge in [-0.25, -0.2) is 0 Å². The van der Waals surface area contributed by atoms with Crippen molar-refractivity contribution >= 4 is 30.1 Å². The maximum Gasteiger partial charge on any atom is 0.256 e. The summed E-state index contributed by atoms with van der Waals surface area (Å²) in [5.74, 6) is -0.842. The molecule has 2 aromatic rings. The average Bonchev–Trinajstić information content (AvgIpc) is 2.75. The van der Waals surface area contributed by atoms with Crippen molar-refractivity contribution in [1.82, 2.24) is 5.32 Å². The Hall–Kier alpha value is -2.99. The van der Waals surface area contributed by atoms with E-state index >= 15 is 0 Å². The van der Waals surface area contributed by atoms with Crippen LogP contribution < -0.4 is 10.6 Å². The van der Waals surface area contributed by atoms with Crippen molar-refractivity contribution in [2.45, 2.75) is 46.5 Å². The van der Waals surface area contributed by atoms with Gasteiger partial charge in [-0.3, -0.25) is 9.59 Å². The molecule has 0 saturated heterocycles. The minimum absolute atomic E-state index is 0.176. The quantitative estimate of drug-likeness (QED) is 0.168. The fourth-order valence-electron chi connectivity index (χ4n) is 3.13. The Labute approximate surface area is 189 Å². The molecule has 5 nitrogen and oxygen atoms in total. The minimum atomic E-state index is -0.344. The molecule has 0 spiro atoms. The number of unbranched alkanes of at least 4 members (excludes halogenated alkanes) is 2. The predicted octanol–water partition coefficient (Wildman–Crippen LogP) is 5.98. The van der Waals surface area contributed by atoms with Gasteiger partial charge in [0.25, 0.3) is 11.8 Å². The number of amides is 2.